The molecule has 1 aromatic heterocycles. The number of para-hydroxylation sites is 1. The van der Waals surface area contributed by atoms with Gasteiger partial charge in [-0.25, -0.2) is 4.68 Å². The fourth-order valence-electron chi connectivity index (χ4n) is 2.74. The van der Waals surface area contributed by atoms with Gasteiger partial charge in [0.1, 0.15) is 11.4 Å². The van der Waals surface area contributed by atoms with Crippen molar-refractivity contribution in [1.29, 1.82) is 0 Å². The van der Waals surface area contributed by atoms with E-state index in [-0.39, 0.29) is 11.4 Å². The number of nitro groups is 2. The summed E-state index contributed by atoms with van der Waals surface area (Å²) in [7, 11) is 1.69. The van der Waals surface area contributed by atoms with Gasteiger partial charge in [-0.2, -0.15) is 0 Å². The quantitative estimate of drug-likeness (QED) is 0.544. The Morgan fingerprint density at radius 3 is 2.26 bits per heavy atom. The van der Waals surface area contributed by atoms with Crippen molar-refractivity contribution < 1.29 is 9.85 Å². The van der Waals surface area contributed by atoms with E-state index in [4.69, 9.17) is 0 Å². The second-order valence-corrected chi connectivity index (χ2v) is 5.78. The molecule has 0 unspecified atom stereocenters. The van der Waals surface area contributed by atoms with Crippen LogP contribution in [0.1, 0.15) is 5.69 Å². The van der Waals surface area contributed by atoms with Crippen molar-refractivity contribution in [1.82, 2.24) is 9.36 Å². The Kier molecular flexibility index (Phi) is 4.46. The van der Waals surface area contributed by atoms with Gasteiger partial charge in [0.05, 0.1) is 27.3 Å². The van der Waals surface area contributed by atoms with Crippen LogP contribution in [0.2, 0.25) is 0 Å². The molecule has 1 heterocycles. The first kappa shape index (κ1) is 17.9. The Labute approximate surface area is 152 Å². The number of nitro benzene ring substituents is 2. The van der Waals surface area contributed by atoms with E-state index in [2.05, 4.69) is 5.32 Å². The molecule has 0 bridgehead atoms. The monoisotopic (exact) mass is 369 g/mol. The zero-order valence-corrected chi connectivity index (χ0v) is 14.4. The minimum Gasteiger partial charge on any atom is -0.344 e. The third kappa shape index (κ3) is 3.15. The summed E-state index contributed by atoms with van der Waals surface area (Å²) >= 11 is 0. The average Bonchev–Trinajstić information content (AvgIpc) is 2.85. The van der Waals surface area contributed by atoms with Crippen LogP contribution < -0.4 is 10.9 Å². The molecule has 0 aliphatic heterocycles. The van der Waals surface area contributed by atoms with Crippen LogP contribution in [-0.2, 0) is 7.05 Å². The molecule has 138 valence electrons. The number of hydrogen-bond donors (Lipinski definition) is 1. The maximum Gasteiger partial charge on any atom is 0.299 e. The lowest BCUT2D eigenvalue weighted by atomic mass is 10.2. The number of nitrogens with one attached hydrogen (secondary N) is 1. The number of anilines is 2. The van der Waals surface area contributed by atoms with Gasteiger partial charge in [-0.3, -0.25) is 29.7 Å². The molecule has 0 fully saturated rings. The Hall–Kier alpha value is -3.95. The smallest absolute Gasteiger partial charge is 0.299 e. The Morgan fingerprint density at radius 1 is 1.00 bits per heavy atom. The number of hydrogen-bond acceptors (Lipinski definition) is 6. The number of rotatable bonds is 5. The molecule has 0 saturated heterocycles. The van der Waals surface area contributed by atoms with Crippen LogP contribution in [0.15, 0.2) is 53.3 Å². The van der Waals surface area contributed by atoms with E-state index in [1.807, 2.05) is 6.07 Å². The SMILES string of the molecule is Cc1c(Nc2ccc([N+](=O)[O-])cc2[N+](=O)[O-])c(=O)n(-c2ccccc2)n1C. The van der Waals surface area contributed by atoms with Crippen molar-refractivity contribution in [3.8, 4) is 5.69 Å². The molecule has 3 rings (SSSR count). The van der Waals surface area contributed by atoms with Crippen LogP contribution in [0, 0.1) is 27.2 Å². The highest BCUT2D eigenvalue weighted by Crippen LogP contribution is 2.31. The zero-order valence-electron chi connectivity index (χ0n) is 14.4. The summed E-state index contributed by atoms with van der Waals surface area (Å²) in [6.45, 7) is 1.69. The van der Waals surface area contributed by atoms with Crippen LogP contribution in [0.3, 0.4) is 0 Å². The molecule has 0 spiro atoms. The van der Waals surface area contributed by atoms with Gasteiger partial charge in [-0.1, -0.05) is 18.2 Å². The lowest BCUT2D eigenvalue weighted by molar-refractivity contribution is -0.393. The second-order valence-electron chi connectivity index (χ2n) is 5.78. The molecule has 2 aromatic carbocycles. The highest BCUT2D eigenvalue weighted by atomic mass is 16.6. The molecule has 0 atom stereocenters. The van der Waals surface area contributed by atoms with Gasteiger partial charge in [-0.05, 0) is 25.1 Å². The summed E-state index contributed by atoms with van der Waals surface area (Å²) in [6, 6.07) is 12.1. The zero-order chi connectivity index (χ0) is 19.7. The van der Waals surface area contributed by atoms with Gasteiger partial charge < -0.3 is 5.32 Å². The van der Waals surface area contributed by atoms with Gasteiger partial charge in [0.2, 0.25) is 0 Å². The van der Waals surface area contributed by atoms with Crippen LogP contribution >= 0.6 is 0 Å². The molecule has 0 radical (unpaired) electrons. The van der Waals surface area contributed by atoms with Crippen molar-refractivity contribution in [3.05, 3.63) is 84.8 Å². The van der Waals surface area contributed by atoms with Crippen molar-refractivity contribution in [2.75, 3.05) is 5.32 Å². The van der Waals surface area contributed by atoms with E-state index < -0.39 is 26.8 Å². The van der Waals surface area contributed by atoms with Crippen molar-refractivity contribution >= 4 is 22.7 Å². The minimum atomic E-state index is -0.733. The maximum absolute atomic E-state index is 12.9. The van der Waals surface area contributed by atoms with Crippen LogP contribution in [0.5, 0.6) is 0 Å². The van der Waals surface area contributed by atoms with Gasteiger partial charge in [0, 0.05) is 13.1 Å². The first-order valence-corrected chi connectivity index (χ1v) is 7.85. The summed E-state index contributed by atoms with van der Waals surface area (Å²) in [4.78, 5) is 33.6. The predicted molar refractivity (Wildman–Crippen MR) is 98.8 cm³/mol. The first-order valence-electron chi connectivity index (χ1n) is 7.85. The summed E-state index contributed by atoms with van der Waals surface area (Å²) in [5.74, 6) is 0. The Morgan fingerprint density at radius 2 is 1.67 bits per heavy atom. The largest absolute Gasteiger partial charge is 0.344 e. The molecule has 0 aliphatic rings. The van der Waals surface area contributed by atoms with E-state index in [1.165, 1.54) is 10.7 Å². The molecule has 10 nitrogen and oxygen atoms in total. The molecule has 27 heavy (non-hydrogen) atoms. The molecule has 10 heteroatoms. The number of non-ortho nitro benzene ring substituents is 1. The molecular weight excluding hydrogens is 354 g/mol. The van der Waals surface area contributed by atoms with Gasteiger partial charge in [0.25, 0.3) is 16.9 Å². The summed E-state index contributed by atoms with van der Waals surface area (Å²) in [6.07, 6.45) is 0. The van der Waals surface area contributed by atoms with Crippen LogP contribution in [-0.4, -0.2) is 19.2 Å². The summed E-state index contributed by atoms with van der Waals surface area (Å²) < 4.78 is 3.05. The molecule has 0 saturated carbocycles. The van der Waals surface area contributed by atoms with E-state index in [0.29, 0.717) is 11.4 Å². The maximum atomic E-state index is 12.9. The van der Waals surface area contributed by atoms with Crippen molar-refractivity contribution in [2.45, 2.75) is 6.92 Å². The number of nitrogens with zero attached hydrogens (tertiary/aromatic N) is 4. The van der Waals surface area contributed by atoms with Gasteiger partial charge in [-0.15, -0.1) is 0 Å². The lowest BCUT2D eigenvalue weighted by Gasteiger charge is -2.07. The van der Waals surface area contributed by atoms with E-state index >= 15 is 0 Å². The number of aromatic nitrogens is 2. The fraction of sp³-hybridized carbons (Fsp3) is 0.118. The molecule has 3 aromatic rings. The summed E-state index contributed by atoms with van der Waals surface area (Å²) in [5.41, 5.74) is 0.0523. The molecule has 1 N–H and O–H groups in total. The van der Waals surface area contributed by atoms with Crippen LogP contribution in [0.4, 0.5) is 22.7 Å². The molecule has 0 amide bonds. The van der Waals surface area contributed by atoms with Gasteiger partial charge in [0.15, 0.2) is 0 Å². The molecule has 0 aliphatic carbocycles. The lowest BCUT2D eigenvalue weighted by Crippen LogP contribution is -2.20. The van der Waals surface area contributed by atoms with E-state index in [9.17, 15) is 25.0 Å². The highest BCUT2D eigenvalue weighted by Gasteiger charge is 2.23. The minimum absolute atomic E-state index is 0.00314. The van der Waals surface area contributed by atoms with E-state index in [1.54, 1.807) is 42.9 Å². The Balaban J connectivity index is 2.11. The van der Waals surface area contributed by atoms with Crippen molar-refractivity contribution in [2.24, 2.45) is 7.05 Å². The third-order valence-corrected chi connectivity index (χ3v) is 4.20. The standard InChI is InChI=1S/C17H15N5O5/c1-11-16(17(23)20(19(11)2)12-6-4-3-5-7-12)18-14-9-8-13(21(24)25)10-15(14)22(26)27/h3-10,18H,1-2H3. The first-order chi connectivity index (χ1) is 12.8. The number of benzene rings is 2. The second kappa shape index (κ2) is 6.75. The topological polar surface area (TPSA) is 125 Å². The normalized spacial score (nSPS) is 10.6. The van der Waals surface area contributed by atoms with E-state index in [0.717, 1.165) is 12.1 Å². The molecular formula is C17H15N5O5. The van der Waals surface area contributed by atoms with Crippen molar-refractivity contribution in [3.63, 3.8) is 0 Å². The van der Waals surface area contributed by atoms with Crippen LogP contribution in [0.25, 0.3) is 5.69 Å². The summed E-state index contributed by atoms with van der Waals surface area (Å²) in [5, 5.41) is 24.9. The average molecular weight is 369 g/mol. The highest BCUT2D eigenvalue weighted by molar-refractivity contribution is 5.72. The predicted octanol–water partition coefficient (Wildman–Crippen LogP) is 3.04. The third-order valence-electron chi connectivity index (χ3n) is 4.20. The Bertz CT molecular complexity index is 1100. The fourth-order valence-corrected chi connectivity index (χ4v) is 2.74. The van der Waals surface area contributed by atoms with Gasteiger partial charge >= 0.3 is 0 Å².